The van der Waals surface area contributed by atoms with Crippen molar-refractivity contribution in [3.63, 3.8) is 0 Å². The maximum absolute atomic E-state index is 10.1. The Hall–Kier alpha value is -2.44. The number of nitrogens with one attached hydrogen (secondary N) is 3. The second-order valence-corrected chi connectivity index (χ2v) is 2.90. The number of hydrogen-bond acceptors (Lipinski definition) is 4. The van der Waals surface area contributed by atoms with Crippen LogP contribution in [0.2, 0.25) is 0 Å². The van der Waals surface area contributed by atoms with Gasteiger partial charge in [-0.1, -0.05) is 0 Å². The standard InChI is InChI=1S/C9H10N6O/c16-6-10-3-7-4-12-9(5-11-7)14-8-1-2-13-15-8/h1-2,4-6H,3H2,(H,10,16)(H2,12,13,14,15)/i2D. The zero-order valence-corrected chi connectivity index (χ0v) is 8.27. The number of carbonyl (C=O) groups excluding carboxylic acids is 1. The summed E-state index contributed by atoms with van der Waals surface area (Å²) in [6, 6.07) is 1.53. The maximum atomic E-state index is 10.1. The predicted molar refractivity (Wildman–Crippen MR) is 55.3 cm³/mol. The van der Waals surface area contributed by atoms with Crippen LogP contribution in [0.1, 0.15) is 7.06 Å². The average molecular weight is 219 g/mol. The minimum atomic E-state index is 0.239. The molecule has 1 amide bonds. The van der Waals surface area contributed by atoms with Crippen LogP contribution >= 0.6 is 0 Å². The largest absolute Gasteiger partial charge is 0.353 e. The van der Waals surface area contributed by atoms with E-state index in [0.717, 1.165) is 0 Å². The Morgan fingerprint density at radius 3 is 3.12 bits per heavy atom. The van der Waals surface area contributed by atoms with Gasteiger partial charge in [0.2, 0.25) is 6.41 Å². The van der Waals surface area contributed by atoms with Gasteiger partial charge in [0.1, 0.15) is 5.49 Å². The Kier molecular flexibility index (Phi) is 2.69. The molecule has 0 saturated heterocycles. The molecule has 7 heteroatoms. The number of rotatable bonds is 4. The first-order valence-electron chi connectivity index (χ1n) is 5.05. The fourth-order valence-electron chi connectivity index (χ4n) is 1.07. The van der Waals surface area contributed by atoms with Crippen LogP contribution in [0.4, 0.5) is 5.82 Å². The molecule has 0 aromatic carbocycles. The molecular formula is C9H10N6O. The SMILES string of the molecule is [2H]c1cc(=Nc2cnc(CNC=O)cn2)[nH][nH]1. The molecule has 16 heavy (non-hydrogen) atoms. The fourth-order valence-corrected chi connectivity index (χ4v) is 1.07. The van der Waals surface area contributed by atoms with Gasteiger partial charge in [-0.2, -0.15) is 0 Å². The van der Waals surface area contributed by atoms with E-state index in [1.165, 1.54) is 18.5 Å². The maximum Gasteiger partial charge on any atom is 0.207 e. The molecule has 0 unspecified atom stereocenters. The van der Waals surface area contributed by atoms with Crippen LogP contribution in [0.25, 0.3) is 0 Å². The van der Waals surface area contributed by atoms with Crippen molar-refractivity contribution in [1.29, 1.82) is 0 Å². The van der Waals surface area contributed by atoms with Gasteiger partial charge < -0.3 is 10.4 Å². The number of carbonyl (C=O) groups is 1. The lowest BCUT2D eigenvalue weighted by Gasteiger charge is -1.97. The van der Waals surface area contributed by atoms with E-state index in [0.29, 0.717) is 30.0 Å². The van der Waals surface area contributed by atoms with E-state index in [4.69, 9.17) is 1.37 Å². The highest BCUT2D eigenvalue weighted by molar-refractivity contribution is 5.45. The van der Waals surface area contributed by atoms with E-state index < -0.39 is 0 Å². The summed E-state index contributed by atoms with van der Waals surface area (Å²) < 4.78 is 7.27. The van der Waals surface area contributed by atoms with Gasteiger partial charge in [-0.05, 0) is 6.07 Å². The van der Waals surface area contributed by atoms with Gasteiger partial charge in [-0.3, -0.25) is 14.9 Å². The lowest BCUT2D eigenvalue weighted by atomic mass is 10.4. The molecule has 3 N–H and O–H groups in total. The number of H-pyrrole nitrogens is 2. The van der Waals surface area contributed by atoms with Crippen LogP contribution in [0.3, 0.4) is 0 Å². The molecule has 2 heterocycles. The first-order valence-corrected chi connectivity index (χ1v) is 4.55. The minimum absolute atomic E-state index is 0.239. The van der Waals surface area contributed by atoms with E-state index in [2.05, 4.69) is 30.5 Å². The van der Waals surface area contributed by atoms with Crippen LogP contribution in [0.5, 0.6) is 0 Å². The molecule has 2 aromatic rings. The smallest absolute Gasteiger partial charge is 0.207 e. The Balaban J connectivity index is 2.15. The number of aromatic amines is 2. The molecule has 0 bridgehead atoms. The lowest BCUT2D eigenvalue weighted by molar-refractivity contribution is -0.109. The lowest BCUT2D eigenvalue weighted by Crippen LogP contribution is -2.11. The molecule has 2 rings (SSSR count). The summed E-state index contributed by atoms with van der Waals surface area (Å²) in [6.45, 7) is 0.337. The van der Waals surface area contributed by atoms with Crippen molar-refractivity contribution in [3.05, 3.63) is 35.8 Å². The summed E-state index contributed by atoms with van der Waals surface area (Å²) in [6.07, 6.45) is 3.86. The number of nitrogens with zero attached hydrogens (tertiary/aromatic N) is 3. The summed E-state index contributed by atoms with van der Waals surface area (Å²) in [5, 5.41) is 7.76. The highest BCUT2D eigenvalue weighted by Crippen LogP contribution is 2.03. The molecule has 0 atom stereocenters. The van der Waals surface area contributed by atoms with Crippen molar-refractivity contribution in [3.8, 4) is 0 Å². The van der Waals surface area contributed by atoms with Crippen molar-refractivity contribution in [2.24, 2.45) is 4.99 Å². The van der Waals surface area contributed by atoms with E-state index in [1.54, 1.807) is 0 Å². The summed E-state index contributed by atoms with van der Waals surface area (Å²) in [5.41, 5.74) is 1.15. The van der Waals surface area contributed by atoms with Gasteiger partial charge in [-0.25, -0.2) is 9.98 Å². The zero-order valence-electron chi connectivity index (χ0n) is 9.27. The third kappa shape index (κ3) is 2.53. The summed E-state index contributed by atoms with van der Waals surface area (Å²) >= 11 is 0. The monoisotopic (exact) mass is 219 g/mol. The van der Waals surface area contributed by atoms with E-state index in [-0.39, 0.29) is 6.17 Å². The molecular weight excluding hydrogens is 208 g/mol. The third-order valence-corrected chi connectivity index (χ3v) is 1.76. The number of aromatic nitrogens is 4. The van der Waals surface area contributed by atoms with Gasteiger partial charge in [0, 0.05) is 6.17 Å². The summed E-state index contributed by atoms with van der Waals surface area (Å²) in [7, 11) is 0. The van der Waals surface area contributed by atoms with Gasteiger partial charge in [0.05, 0.1) is 26.0 Å². The van der Waals surface area contributed by atoms with Crippen LogP contribution in [-0.4, -0.2) is 26.6 Å². The Bertz CT molecular complexity index is 557. The van der Waals surface area contributed by atoms with Gasteiger partial charge in [0.25, 0.3) is 0 Å². The van der Waals surface area contributed by atoms with Crippen LogP contribution in [-0.2, 0) is 11.3 Å². The van der Waals surface area contributed by atoms with Crippen LogP contribution < -0.4 is 10.8 Å². The molecule has 0 saturated carbocycles. The summed E-state index contributed by atoms with van der Waals surface area (Å²) in [5.74, 6) is 0.426. The highest BCUT2D eigenvalue weighted by Gasteiger charge is 1.95. The van der Waals surface area contributed by atoms with Gasteiger partial charge in [-0.15, -0.1) is 0 Å². The van der Waals surface area contributed by atoms with Crippen molar-refractivity contribution in [2.75, 3.05) is 0 Å². The third-order valence-electron chi connectivity index (χ3n) is 1.76. The van der Waals surface area contributed by atoms with Crippen molar-refractivity contribution in [1.82, 2.24) is 25.5 Å². The summed E-state index contributed by atoms with van der Waals surface area (Å²) in [4.78, 5) is 22.3. The second kappa shape index (κ2) is 4.87. The van der Waals surface area contributed by atoms with E-state index >= 15 is 0 Å². The molecule has 0 fully saturated rings. The first kappa shape index (κ1) is 8.84. The average Bonchev–Trinajstić information content (AvgIpc) is 2.74. The quantitative estimate of drug-likeness (QED) is 0.611. The van der Waals surface area contributed by atoms with Crippen LogP contribution in [0, 0.1) is 0 Å². The Morgan fingerprint density at radius 1 is 1.56 bits per heavy atom. The van der Waals surface area contributed by atoms with Crippen molar-refractivity contribution in [2.45, 2.75) is 6.54 Å². The van der Waals surface area contributed by atoms with Gasteiger partial charge >= 0.3 is 0 Å². The number of hydrogen-bond donors (Lipinski definition) is 3. The first-order chi connectivity index (χ1) is 8.28. The van der Waals surface area contributed by atoms with Gasteiger partial charge in [0.15, 0.2) is 5.82 Å². The Morgan fingerprint density at radius 2 is 2.50 bits per heavy atom. The molecule has 0 spiro atoms. The topological polar surface area (TPSA) is 98.8 Å². The van der Waals surface area contributed by atoms with Crippen molar-refractivity contribution < 1.29 is 6.17 Å². The predicted octanol–water partition coefficient (Wildman–Crippen LogP) is -0.389. The molecule has 0 radical (unpaired) electrons. The second-order valence-electron chi connectivity index (χ2n) is 2.90. The van der Waals surface area contributed by atoms with Crippen LogP contribution in [0.15, 0.2) is 29.6 Å². The molecule has 82 valence electrons. The zero-order chi connectivity index (χ0) is 12.1. The normalized spacial score (nSPS) is 12.2. The molecule has 0 aliphatic carbocycles. The molecule has 0 aliphatic heterocycles. The molecule has 2 aromatic heterocycles. The fraction of sp³-hybridized carbons (Fsp3) is 0.111. The van der Waals surface area contributed by atoms with E-state index in [9.17, 15) is 4.79 Å². The highest BCUT2D eigenvalue weighted by atomic mass is 16.1. The number of amides is 1. The Labute approximate surface area is 92.1 Å². The molecule has 0 aliphatic rings. The minimum Gasteiger partial charge on any atom is -0.353 e. The van der Waals surface area contributed by atoms with Crippen molar-refractivity contribution >= 4 is 12.2 Å². The molecule has 7 nitrogen and oxygen atoms in total. The van der Waals surface area contributed by atoms with E-state index in [1.807, 2.05) is 0 Å².